The smallest absolute Gasteiger partial charge is 0.356 e. The summed E-state index contributed by atoms with van der Waals surface area (Å²) in [4.78, 5) is 7.64. The van der Waals surface area contributed by atoms with Crippen molar-refractivity contribution in [2.45, 2.75) is 19.1 Å². The van der Waals surface area contributed by atoms with Crippen LogP contribution in [-0.4, -0.2) is 24.5 Å². The molecule has 2 N–H and O–H groups in total. The Morgan fingerprint density at radius 2 is 1.96 bits per heavy atom. The Kier molecular flexibility index (Phi) is 8.80. The van der Waals surface area contributed by atoms with Gasteiger partial charge in [0.15, 0.2) is 11.7 Å². The first-order chi connectivity index (χ1) is 11.9. The van der Waals surface area contributed by atoms with Crippen LogP contribution in [0.4, 0.5) is 13.2 Å². The predicted molar refractivity (Wildman–Crippen MR) is 106 cm³/mol. The van der Waals surface area contributed by atoms with Crippen molar-refractivity contribution in [1.29, 1.82) is 5.26 Å². The van der Waals surface area contributed by atoms with Gasteiger partial charge in [0.1, 0.15) is 0 Å². The summed E-state index contributed by atoms with van der Waals surface area (Å²) in [5.41, 5.74) is 0.723. The summed E-state index contributed by atoms with van der Waals surface area (Å²) in [5, 5.41) is 16.3. The molecule has 140 valence electrons. The number of benzene rings is 1. The van der Waals surface area contributed by atoms with Crippen molar-refractivity contribution in [2.75, 3.05) is 13.6 Å². The summed E-state index contributed by atoms with van der Waals surface area (Å²) in [7, 11) is 1.61. The number of halogens is 4. The van der Waals surface area contributed by atoms with Crippen LogP contribution < -0.4 is 10.6 Å². The number of guanidine groups is 1. The molecule has 0 bridgehead atoms. The molecule has 0 spiro atoms. The van der Waals surface area contributed by atoms with Crippen LogP contribution in [0, 0.1) is 11.3 Å². The molecule has 0 saturated carbocycles. The minimum Gasteiger partial charge on any atom is -0.356 e. The molecule has 0 unspecified atom stereocenters. The second kappa shape index (κ2) is 10.3. The summed E-state index contributed by atoms with van der Waals surface area (Å²) in [6.45, 7) is 0.929. The Bertz CT molecular complexity index is 765. The highest BCUT2D eigenvalue weighted by atomic mass is 127. The fourth-order valence-corrected chi connectivity index (χ4v) is 2.75. The van der Waals surface area contributed by atoms with Crippen LogP contribution in [0.25, 0.3) is 0 Å². The number of hydrogen-bond acceptors (Lipinski definition) is 4. The molecular formula is C16H17F3IN5S. The van der Waals surface area contributed by atoms with Crippen LogP contribution in [0.2, 0.25) is 0 Å². The molecule has 10 heteroatoms. The van der Waals surface area contributed by atoms with Crippen LogP contribution >= 0.6 is 35.3 Å². The number of aliphatic imine (C=N–C) groups is 1. The van der Waals surface area contributed by atoms with Gasteiger partial charge in [-0.2, -0.15) is 18.4 Å². The third-order valence-electron chi connectivity index (χ3n) is 3.24. The minimum atomic E-state index is -4.40. The number of aromatic nitrogens is 1. The molecule has 0 amide bonds. The number of rotatable bonds is 5. The van der Waals surface area contributed by atoms with E-state index in [1.807, 2.05) is 12.1 Å². The quantitative estimate of drug-likeness (QED) is 0.378. The molecule has 1 aromatic heterocycles. The topological polar surface area (TPSA) is 73.1 Å². The van der Waals surface area contributed by atoms with Gasteiger partial charge in [-0.1, -0.05) is 12.1 Å². The van der Waals surface area contributed by atoms with E-state index in [0.717, 1.165) is 22.3 Å². The maximum Gasteiger partial charge on any atom is 0.434 e. The van der Waals surface area contributed by atoms with Crippen molar-refractivity contribution in [3.05, 3.63) is 51.5 Å². The predicted octanol–water partition coefficient (Wildman–Crippen LogP) is 3.56. The third kappa shape index (κ3) is 6.80. The number of nitrogens with zero attached hydrogens (tertiary/aromatic N) is 3. The van der Waals surface area contributed by atoms with Gasteiger partial charge in [-0.3, -0.25) is 4.99 Å². The number of thiazole rings is 1. The molecule has 0 aliphatic rings. The second-order valence-corrected chi connectivity index (χ2v) is 5.98. The zero-order valence-corrected chi connectivity index (χ0v) is 16.9. The Balaban J connectivity index is 0.00000338. The Morgan fingerprint density at radius 3 is 2.50 bits per heavy atom. The third-order valence-corrected chi connectivity index (χ3v) is 4.15. The van der Waals surface area contributed by atoms with Gasteiger partial charge in [-0.25, -0.2) is 4.98 Å². The van der Waals surface area contributed by atoms with Crippen LogP contribution in [-0.2, 0) is 19.1 Å². The van der Waals surface area contributed by atoms with Gasteiger partial charge in [0.05, 0.1) is 16.6 Å². The molecule has 0 saturated heterocycles. The summed E-state index contributed by atoms with van der Waals surface area (Å²) in [6.07, 6.45) is -4.03. The average Bonchev–Trinajstić information content (AvgIpc) is 3.07. The highest BCUT2D eigenvalue weighted by molar-refractivity contribution is 14.0. The van der Waals surface area contributed by atoms with Gasteiger partial charge < -0.3 is 10.6 Å². The standard InChI is InChI=1S/C16H16F3N5S.HI/c1-21-15(23-9-12-4-2-11(8-20)3-5-12)22-7-6-14-24-13(10-25-14)16(17,18)19;/h2-5,10H,6-7,9H2,1H3,(H2,21,22,23);1H. The highest BCUT2D eigenvalue weighted by Gasteiger charge is 2.33. The maximum absolute atomic E-state index is 12.5. The van der Waals surface area contributed by atoms with Crippen molar-refractivity contribution in [1.82, 2.24) is 15.6 Å². The van der Waals surface area contributed by atoms with E-state index in [0.29, 0.717) is 36.0 Å². The minimum absolute atomic E-state index is 0. The normalized spacial score (nSPS) is 11.4. The van der Waals surface area contributed by atoms with Gasteiger partial charge in [0.2, 0.25) is 0 Å². The number of hydrogen-bond donors (Lipinski definition) is 2. The second-order valence-electron chi connectivity index (χ2n) is 5.04. The first-order valence-corrected chi connectivity index (χ1v) is 8.25. The number of alkyl halides is 3. The number of nitrogens with one attached hydrogen (secondary N) is 2. The van der Waals surface area contributed by atoms with Crippen LogP contribution in [0.5, 0.6) is 0 Å². The van der Waals surface area contributed by atoms with Crippen molar-refractivity contribution in [2.24, 2.45) is 4.99 Å². The lowest BCUT2D eigenvalue weighted by Gasteiger charge is -2.11. The van der Waals surface area contributed by atoms with Gasteiger partial charge >= 0.3 is 6.18 Å². The molecule has 1 heterocycles. The zero-order chi connectivity index (χ0) is 18.3. The summed E-state index contributed by atoms with van der Waals surface area (Å²) < 4.78 is 37.5. The van der Waals surface area contributed by atoms with Gasteiger partial charge in [0, 0.05) is 31.9 Å². The molecule has 5 nitrogen and oxygen atoms in total. The van der Waals surface area contributed by atoms with E-state index in [9.17, 15) is 13.2 Å². The monoisotopic (exact) mass is 495 g/mol. The number of nitriles is 1. The molecule has 2 rings (SSSR count). The van der Waals surface area contributed by atoms with E-state index in [-0.39, 0.29) is 24.0 Å². The van der Waals surface area contributed by atoms with Crippen molar-refractivity contribution < 1.29 is 13.2 Å². The molecule has 0 fully saturated rings. The highest BCUT2D eigenvalue weighted by Crippen LogP contribution is 2.29. The maximum atomic E-state index is 12.5. The average molecular weight is 495 g/mol. The fourth-order valence-electron chi connectivity index (χ4n) is 1.95. The van der Waals surface area contributed by atoms with Crippen LogP contribution in [0.1, 0.15) is 21.8 Å². The van der Waals surface area contributed by atoms with Gasteiger partial charge in [-0.05, 0) is 17.7 Å². The lowest BCUT2D eigenvalue weighted by Crippen LogP contribution is -2.37. The van der Waals surface area contributed by atoms with Crippen molar-refractivity contribution >= 4 is 41.3 Å². The Hall–Kier alpha value is -1.87. The molecule has 0 atom stereocenters. The Morgan fingerprint density at radius 1 is 1.27 bits per heavy atom. The summed E-state index contributed by atoms with van der Waals surface area (Å²) >= 11 is 0.992. The zero-order valence-electron chi connectivity index (χ0n) is 13.8. The lowest BCUT2D eigenvalue weighted by atomic mass is 10.1. The SMILES string of the molecule is CN=C(NCCc1nc(C(F)(F)F)cs1)NCc1ccc(C#N)cc1.I. The fraction of sp³-hybridized carbons (Fsp3) is 0.312. The first kappa shape index (κ1) is 22.2. The van der Waals surface area contributed by atoms with Gasteiger partial charge in [-0.15, -0.1) is 35.3 Å². The Labute approximate surface area is 170 Å². The molecular weight excluding hydrogens is 478 g/mol. The lowest BCUT2D eigenvalue weighted by molar-refractivity contribution is -0.140. The van der Waals surface area contributed by atoms with E-state index >= 15 is 0 Å². The molecule has 1 aromatic carbocycles. The largest absolute Gasteiger partial charge is 0.434 e. The summed E-state index contributed by atoms with van der Waals surface area (Å²) in [5.74, 6) is 0.539. The van der Waals surface area contributed by atoms with E-state index in [1.165, 1.54) is 0 Å². The molecule has 0 radical (unpaired) electrons. The van der Waals surface area contributed by atoms with E-state index in [2.05, 4.69) is 26.7 Å². The first-order valence-electron chi connectivity index (χ1n) is 7.37. The molecule has 0 aliphatic carbocycles. The van der Waals surface area contributed by atoms with E-state index < -0.39 is 11.9 Å². The van der Waals surface area contributed by atoms with Crippen LogP contribution in [0.15, 0.2) is 34.6 Å². The molecule has 2 aromatic rings. The van der Waals surface area contributed by atoms with Crippen molar-refractivity contribution in [3.8, 4) is 6.07 Å². The van der Waals surface area contributed by atoms with Gasteiger partial charge in [0.25, 0.3) is 0 Å². The molecule has 0 aliphatic heterocycles. The van der Waals surface area contributed by atoms with Crippen molar-refractivity contribution in [3.63, 3.8) is 0 Å². The van der Waals surface area contributed by atoms with Crippen LogP contribution in [0.3, 0.4) is 0 Å². The summed E-state index contributed by atoms with van der Waals surface area (Å²) in [6, 6.07) is 9.19. The van der Waals surface area contributed by atoms with E-state index in [1.54, 1.807) is 19.2 Å². The van der Waals surface area contributed by atoms with E-state index in [4.69, 9.17) is 5.26 Å². The molecule has 26 heavy (non-hydrogen) atoms.